The van der Waals surface area contributed by atoms with Crippen LogP contribution in [0.5, 0.6) is 11.5 Å². The average Bonchev–Trinajstić information content (AvgIpc) is 3.53. The molecule has 11 heteroatoms. The first-order chi connectivity index (χ1) is 17.7. The van der Waals surface area contributed by atoms with Crippen LogP contribution in [0.2, 0.25) is 0 Å². The first-order valence-corrected chi connectivity index (χ1v) is 14.9. The van der Waals surface area contributed by atoms with Crippen LogP contribution in [-0.4, -0.2) is 75.3 Å². The summed E-state index contributed by atoms with van der Waals surface area (Å²) in [5, 5.41) is 0. The van der Waals surface area contributed by atoms with Crippen molar-refractivity contribution in [3.05, 3.63) is 45.9 Å². The second-order valence-electron chi connectivity index (χ2n) is 9.47. The summed E-state index contributed by atoms with van der Waals surface area (Å²) in [7, 11) is -3.78. The largest absolute Gasteiger partial charge is 0.454 e. The van der Waals surface area contributed by atoms with E-state index in [9.17, 15) is 18.0 Å². The first-order valence-electron chi connectivity index (χ1n) is 12.5. The van der Waals surface area contributed by atoms with Gasteiger partial charge in [-0.1, -0.05) is 28.9 Å². The maximum Gasteiger partial charge on any atom is 0.231 e. The number of carbonyl (C=O) groups excluding carboxylic acids is 2. The SMILES string of the molecule is CCC(=O)N1CCc2cc(Br)cc(S(=O)(=O)CCC(=O)N3CCN(Cc4ccc5c(c4)OCO5)CC3)c21. The predicted octanol–water partition coefficient (Wildman–Crippen LogP) is 2.99. The van der Waals surface area contributed by atoms with Crippen LogP contribution < -0.4 is 14.4 Å². The number of sulfone groups is 1. The molecule has 198 valence electrons. The molecule has 0 spiro atoms. The molecule has 9 nitrogen and oxygen atoms in total. The van der Waals surface area contributed by atoms with Crippen molar-refractivity contribution in [2.75, 3.05) is 50.2 Å². The topological polar surface area (TPSA) is 96.5 Å². The third kappa shape index (κ3) is 5.49. The van der Waals surface area contributed by atoms with Crippen LogP contribution in [0.1, 0.15) is 30.9 Å². The Morgan fingerprint density at radius 3 is 2.49 bits per heavy atom. The second-order valence-corrected chi connectivity index (χ2v) is 12.5. The van der Waals surface area contributed by atoms with Gasteiger partial charge in [-0.15, -0.1) is 0 Å². The van der Waals surface area contributed by atoms with Gasteiger partial charge < -0.3 is 19.3 Å². The van der Waals surface area contributed by atoms with Crippen molar-refractivity contribution < 1.29 is 27.5 Å². The monoisotopic (exact) mass is 591 g/mol. The number of hydrogen-bond acceptors (Lipinski definition) is 7. The number of anilines is 1. The minimum absolute atomic E-state index is 0.0898. The normalized spacial score (nSPS) is 17.2. The van der Waals surface area contributed by atoms with Crippen molar-refractivity contribution in [2.24, 2.45) is 0 Å². The number of amides is 2. The van der Waals surface area contributed by atoms with Gasteiger partial charge in [0.05, 0.1) is 16.3 Å². The minimum Gasteiger partial charge on any atom is -0.454 e. The van der Waals surface area contributed by atoms with Crippen LogP contribution >= 0.6 is 15.9 Å². The molecule has 0 N–H and O–H groups in total. The van der Waals surface area contributed by atoms with Gasteiger partial charge in [0, 0.05) is 56.6 Å². The fourth-order valence-electron chi connectivity index (χ4n) is 5.09. The summed E-state index contributed by atoms with van der Waals surface area (Å²) in [5.41, 5.74) is 2.42. The van der Waals surface area contributed by atoms with E-state index in [1.54, 1.807) is 22.8 Å². The lowest BCUT2D eigenvalue weighted by Crippen LogP contribution is -2.48. The molecule has 2 amide bonds. The van der Waals surface area contributed by atoms with Crippen molar-refractivity contribution in [1.29, 1.82) is 0 Å². The van der Waals surface area contributed by atoms with Gasteiger partial charge in [0.2, 0.25) is 18.6 Å². The molecule has 0 bridgehead atoms. The van der Waals surface area contributed by atoms with Crippen LogP contribution in [0, 0.1) is 0 Å². The molecular weight excluding hydrogens is 562 g/mol. The smallest absolute Gasteiger partial charge is 0.231 e. The Balaban J connectivity index is 1.18. The number of nitrogens with zero attached hydrogens (tertiary/aromatic N) is 3. The van der Waals surface area contributed by atoms with Gasteiger partial charge in [-0.25, -0.2) is 8.42 Å². The summed E-state index contributed by atoms with van der Waals surface area (Å²) >= 11 is 3.41. The summed E-state index contributed by atoms with van der Waals surface area (Å²) in [4.78, 5) is 31.1. The number of rotatable bonds is 7. The molecular formula is C26H30BrN3O6S. The highest BCUT2D eigenvalue weighted by Crippen LogP contribution is 2.38. The molecule has 2 aromatic carbocycles. The average molecular weight is 593 g/mol. The van der Waals surface area contributed by atoms with Crippen LogP contribution in [0.3, 0.4) is 0 Å². The zero-order valence-electron chi connectivity index (χ0n) is 20.7. The lowest BCUT2D eigenvalue weighted by atomic mass is 10.1. The van der Waals surface area contributed by atoms with E-state index in [1.165, 1.54) is 0 Å². The quantitative estimate of drug-likeness (QED) is 0.488. The molecule has 1 fully saturated rings. The van der Waals surface area contributed by atoms with Gasteiger partial charge in [0.25, 0.3) is 0 Å². The van der Waals surface area contributed by atoms with Crippen LogP contribution in [-0.2, 0) is 32.4 Å². The molecule has 0 aromatic heterocycles. The van der Waals surface area contributed by atoms with Gasteiger partial charge in [0.15, 0.2) is 21.3 Å². The molecule has 0 unspecified atom stereocenters. The number of ether oxygens (including phenoxy) is 2. The Labute approximate surface area is 225 Å². The van der Waals surface area contributed by atoms with Crippen molar-refractivity contribution in [3.8, 4) is 11.5 Å². The molecule has 37 heavy (non-hydrogen) atoms. The van der Waals surface area contributed by atoms with Crippen LogP contribution in [0.4, 0.5) is 5.69 Å². The third-order valence-corrected chi connectivity index (χ3v) is 9.27. The molecule has 5 rings (SSSR count). The summed E-state index contributed by atoms with van der Waals surface area (Å²) < 4.78 is 38.2. The van der Waals surface area contributed by atoms with E-state index in [2.05, 4.69) is 20.8 Å². The summed E-state index contributed by atoms with van der Waals surface area (Å²) in [6.07, 6.45) is 0.820. The number of fused-ring (bicyclic) bond motifs is 2. The zero-order valence-corrected chi connectivity index (χ0v) is 23.1. The highest BCUT2D eigenvalue weighted by Gasteiger charge is 2.33. The maximum atomic E-state index is 13.4. The highest BCUT2D eigenvalue weighted by atomic mass is 79.9. The summed E-state index contributed by atoms with van der Waals surface area (Å²) in [6.45, 7) is 5.74. The Kier molecular flexibility index (Phi) is 7.46. The summed E-state index contributed by atoms with van der Waals surface area (Å²) in [6, 6.07) is 9.33. The molecule has 0 aliphatic carbocycles. The van der Waals surface area contributed by atoms with E-state index >= 15 is 0 Å². The maximum absolute atomic E-state index is 13.4. The van der Waals surface area contributed by atoms with Crippen molar-refractivity contribution in [3.63, 3.8) is 0 Å². The molecule has 3 heterocycles. The van der Waals surface area contributed by atoms with Crippen molar-refractivity contribution in [1.82, 2.24) is 9.80 Å². The third-order valence-electron chi connectivity index (χ3n) is 7.08. The molecule has 0 atom stereocenters. The molecule has 1 saturated heterocycles. The standard InChI is InChI=1S/C26H30BrN3O6S/c1-2-24(31)30-7-5-19-14-20(27)15-23(26(19)30)37(33,34)12-6-25(32)29-10-8-28(9-11-29)16-18-3-4-21-22(13-18)36-17-35-21/h3-4,13-15H,2,5-12,16-17H2,1H3. The Bertz CT molecular complexity index is 1320. The number of carbonyl (C=O) groups is 2. The van der Waals surface area contributed by atoms with Gasteiger partial charge in [-0.2, -0.15) is 0 Å². The molecule has 3 aliphatic heterocycles. The van der Waals surface area contributed by atoms with Crippen molar-refractivity contribution >= 4 is 43.3 Å². The Morgan fingerprint density at radius 2 is 1.73 bits per heavy atom. The zero-order chi connectivity index (χ0) is 26.2. The van der Waals surface area contributed by atoms with E-state index in [1.807, 2.05) is 24.3 Å². The van der Waals surface area contributed by atoms with E-state index in [0.717, 1.165) is 29.2 Å². The molecule has 0 radical (unpaired) electrons. The summed E-state index contributed by atoms with van der Waals surface area (Å²) in [5.74, 6) is 0.948. The van der Waals surface area contributed by atoms with Gasteiger partial charge in [-0.05, 0) is 41.8 Å². The molecule has 3 aliphatic rings. The lowest BCUT2D eigenvalue weighted by Gasteiger charge is -2.34. The number of piperazine rings is 1. The number of benzene rings is 2. The van der Waals surface area contributed by atoms with E-state index in [0.29, 0.717) is 55.7 Å². The van der Waals surface area contributed by atoms with Gasteiger partial charge >= 0.3 is 0 Å². The molecule has 2 aromatic rings. The van der Waals surface area contributed by atoms with Gasteiger partial charge in [-0.3, -0.25) is 14.5 Å². The first kappa shape index (κ1) is 26.0. The van der Waals surface area contributed by atoms with E-state index < -0.39 is 9.84 Å². The Morgan fingerprint density at radius 1 is 0.973 bits per heavy atom. The van der Waals surface area contributed by atoms with Gasteiger partial charge in [0.1, 0.15) is 0 Å². The van der Waals surface area contributed by atoms with E-state index in [-0.39, 0.29) is 35.7 Å². The number of halogens is 1. The number of hydrogen-bond donors (Lipinski definition) is 0. The molecule has 0 saturated carbocycles. The van der Waals surface area contributed by atoms with Crippen molar-refractivity contribution in [2.45, 2.75) is 37.6 Å². The fourth-order valence-corrected chi connectivity index (χ4v) is 7.25. The van der Waals surface area contributed by atoms with E-state index in [4.69, 9.17) is 9.47 Å². The Hall–Kier alpha value is -2.63. The highest BCUT2D eigenvalue weighted by molar-refractivity contribution is 9.10. The van der Waals surface area contributed by atoms with Crippen LogP contribution in [0.25, 0.3) is 0 Å². The predicted molar refractivity (Wildman–Crippen MR) is 142 cm³/mol. The fraction of sp³-hybridized carbons (Fsp3) is 0.462. The lowest BCUT2D eigenvalue weighted by molar-refractivity contribution is -0.132. The second kappa shape index (κ2) is 10.6. The van der Waals surface area contributed by atoms with Crippen LogP contribution in [0.15, 0.2) is 39.7 Å². The minimum atomic E-state index is -3.78.